The Hall–Kier alpha value is -1.00. The lowest BCUT2D eigenvalue weighted by Gasteiger charge is -2.10. The van der Waals surface area contributed by atoms with Crippen LogP contribution in [0.2, 0.25) is 10.0 Å². The molecule has 0 bridgehead atoms. The van der Waals surface area contributed by atoms with Gasteiger partial charge in [0.15, 0.2) is 0 Å². The first kappa shape index (κ1) is 20.0. The number of anilines is 1. The predicted molar refractivity (Wildman–Crippen MR) is 90.4 cm³/mol. The van der Waals surface area contributed by atoms with Gasteiger partial charge in [0.25, 0.3) is 0 Å². The van der Waals surface area contributed by atoms with Crippen molar-refractivity contribution in [3.63, 3.8) is 0 Å². The summed E-state index contributed by atoms with van der Waals surface area (Å²) in [5.41, 5.74) is 0.0717. The summed E-state index contributed by atoms with van der Waals surface area (Å²) in [7, 11) is -3.96. The minimum atomic E-state index is -3.96. The molecule has 128 valence electrons. The smallest absolute Gasteiger partial charge is 0.315 e. The molecular formula is C12H14Cl2N2O5S2. The minimum absolute atomic E-state index is 0.0254. The molecule has 0 aliphatic heterocycles. The van der Waals surface area contributed by atoms with E-state index in [1.165, 1.54) is 0 Å². The van der Waals surface area contributed by atoms with E-state index in [4.69, 9.17) is 33.1 Å². The molecule has 1 aromatic carbocycles. The maximum atomic E-state index is 11.8. The zero-order valence-electron chi connectivity index (χ0n) is 12.0. The molecule has 0 heterocycles. The Labute approximate surface area is 147 Å². The topological polar surface area (TPSA) is 116 Å². The van der Waals surface area contributed by atoms with Crippen molar-refractivity contribution in [1.29, 1.82) is 0 Å². The van der Waals surface area contributed by atoms with Crippen LogP contribution in [0.25, 0.3) is 0 Å². The maximum Gasteiger partial charge on any atom is 0.315 e. The van der Waals surface area contributed by atoms with E-state index in [1.54, 1.807) is 6.92 Å². The summed E-state index contributed by atoms with van der Waals surface area (Å²) in [5.74, 6) is -0.861. The van der Waals surface area contributed by atoms with Crippen molar-refractivity contribution in [3.05, 3.63) is 22.2 Å². The highest BCUT2D eigenvalue weighted by molar-refractivity contribution is 8.00. The van der Waals surface area contributed by atoms with Gasteiger partial charge in [-0.05, 0) is 19.1 Å². The number of primary sulfonamides is 1. The largest absolute Gasteiger partial charge is 0.465 e. The van der Waals surface area contributed by atoms with Crippen LogP contribution in [0.15, 0.2) is 17.0 Å². The molecule has 0 atom stereocenters. The molecule has 3 N–H and O–H groups in total. The number of nitrogens with one attached hydrogen (secondary N) is 1. The highest BCUT2D eigenvalue weighted by atomic mass is 35.5. The van der Waals surface area contributed by atoms with E-state index in [0.29, 0.717) is 0 Å². The Morgan fingerprint density at radius 2 is 1.83 bits per heavy atom. The first-order valence-electron chi connectivity index (χ1n) is 6.20. The first-order chi connectivity index (χ1) is 10.6. The van der Waals surface area contributed by atoms with Crippen LogP contribution in [0.5, 0.6) is 0 Å². The number of nitrogens with two attached hydrogens (primary N) is 1. The monoisotopic (exact) mass is 400 g/mol. The quantitative estimate of drug-likeness (QED) is 0.674. The van der Waals surface area contributed by atoms with Crippen LogP contribution in [-0.2, 0) is 24.3 Å². The number of sulfonamides is 1. The normalized spacial score (nSPS) is 11.1. The summed E-state index contributed by atoms with van der Waals surface area (Å²) in [6, 6.07) is 2.17. The number of hydrogen-bond donors (Lipinski definition) is 2. The molecule has 1 rings (SSSR count). The van der Waals surface area contributed by atoms with E-state index in [0.717, 1.165) is 23.9 Å². The summed E-state index contributed by atoms with van der Waals surface area (Å²) >= 11 is 12.9. The van der Waals surface area contributed by atoms with Crippen molar-refractivity contribution in [2.45, 2.75) is 11.8 Å². The third-order valence-corrected chi connectivity index (χ3v) is 4.76. The molecule has 0 fully saturated rings. The molecule has 0 radical (unpaired) electrons. The van der Waals surface area contributed by atoms with Crippen LogP contribution in [0.4, 0.5) is 5.69 Å². The molecule has 7 nitrogen and oxygen atoms in total. The van der Waals surface area contributed by atoms with Gasteiger partial charge in [0.1, 0.15) is 0 Å². The lowest BCUT2D eigenvalue weighted by Crippen LogP contribution is -2.17. The Balaban J connectivity index is 2.70. The zero-order chi connectivity index (χ0) is 17.6. The average Bonchev–Trinajstić information content (AvgIpc) is 2.42. The molecule has 0 aromatic heterocycles. The molecule has 0 spiro atoms. The minimum Gasteiger partial charge on any atom is -0.465 e. The molecule has 0 unspecified atom stereocenters. The van der Waals surface area contributed by atoms with Crippen LogP contribution in [0.1, 0.15) is 6.92 Å². The highest BCUT2D eigenvalue weighted by Crippen LogP contribution is 2.33. The Morgan fingerprint density at radius 3 is 2.30 bits per heavy atom. The maximum absolute atomic E-state index is 11.8. The van der Waals surface area contributed by atoms with E-state index < -0.39 is 21.9 Å². The van der Waals surface area contributed by atoms with Gasteiger partial charge in [-0.1, -0.05) is 23.2 Å². The standard InChI is InChI=1S/C12H14Cl2N2O5S2/c1-2-21-11(18)6-22-5-10(17)16-12-8(13)3-7(4-9(12)14)23(15,19)20/h3-4H,2,5-6H2,1H3,(H,16,17)(H2,15,19,20). The number of carbonyl (C=O) groups excluding carboxylic acids is 2. The number of amides is 1. The number of esters is 1. The summed E-state index contributed by atoms with van der Waals surface area (Å²) in [6.45, 7) is 1.96. The van der Waals surface area contributed by atoms with Gasteiger partial charge < -0.3 is 10.1 Å². The van der Waals surface area contributed by atoms with Crippen LogP contribution in [0, 0.1) is 0 Å². The highest BCUT2D eigenvalue weighted by Gasteiger charge is 2.16. The van der Waals surface area contributed by atoms with Crippen molar-refractivity contribution in [1.82, 2.24) is 0 Å². The summed E-state index contributed by atoms with van der Waals surface area (Å²) in [4.78, 5) is 22.7. The first-order valence-corrected chi connectivity index (χ1v) is 9.66. The Bertz CT molecular complexity index is 686. The van der Waals surface area contributed by atoms with Gasteiger partial charge in [0.05, 0.1) is 38.7 Å². The molecule has 23 heavy (non-hydrogen) atoms. The number of benzene rings is 1. The van der Waals surface area contributed by atoms with Crippen molar-refractivity contribution in [2.75, 3.05) is 23.4 Å². The number of thioether (sulfide) groups is 1. The zero-order valence-corrected chi connectivity index (χ0v) is 15.1. The average molecular weight is 401 g/mol. The lowest BCUT2D eigenvalue weighted by atomic mass is 10.3. The van der Waals surface area contributed by atoms with Gasteiger partial charge in [0.2, 0.25) is 15.9 Å². The van der Waals surface area contributed by atoms with Crippen molar-refractivity contribution in [2.24, 2.45) is 5.14 Å². The molecule has 1 amide bonds. The Kier molecular flexibility index (Phi) is 7.62. The van der Waals surface area contributed by atoms with Gasteiger partial charge in [-0.2, -0.15) is 0 Å². The van der Waals surface area contributed by atoms with Gasteiger partial charge in [-0.25, -0.2) is 13.6 Å². The van der Waals surface area contributed by atoms with E-state index in [9.17, 15) is 18.0 Å². The number of rotatable bonds is 7. The van der Waals surface area contributed by atoms with Crippen LogP contribution >= 0.6 is 35.0 Å². The fraction of sp³-hybridized carbons (Fsp3) is 0.333. The SMILES string of the molecule is CCOC(=O)CSCC(=O)Nc1c(Cl)cc(S(N)(=O)=O)cc1Cl. The second kappa shape index (κ2) is 8.74. The number of hydrogen-bond acceptors (Lipinski definition) is 6. The molecule has 1 aromatic rings. The molecule has 0 saturated heterocycles. The molecular weight excluding hydrogens is 387 g/mol. The summed E-state index contributed by atoms with van der Waals surface area (Å²) in [5, 5.41) is 7.31. The third kappa shape index (κ3) is 6.56. The van der Waals surface area contributed by atoms with Crippen LogP contribution < -0.4 is 10.5 Å². The second-order valence-corrected chi connectivity index (χ2v) is 7.51. The summed E-state index contributed by atoms with van der Waals surface area (Å²) in [6.07, 6.45) is 0. The predicted octanol–water partition coefficient (Wildman–Crippen LogP) is 1.88. The van der Waals surface area contributed by atoms with E-state index in [-0.39, 0.29) is 38.7 Å². The van der Waals surface area contributed by atoms with Crippen molar-refractivity contribution in [3.8, 4) is 0 Å². The van der Waals surface area contributed by atoms with Crippen LogP contribution in [-0.4, -0.2) is 38.4 Å². The number of carbonyl (C=O) groups is 2. The molecule has 11 heteroatoms. The van der Waals surface area contributed by atoms with E-state index in [2.05, 4.69) is 5.32 Å². The molecule has 0 aliphatic carbocycles. The number of halogens is 2. The van der Waals surface area contributed by atoms with Crippen molar-refractivity contribution < 1.29 is 22.7 Å². The van der Waals surface area contributed by atoms with Gasteiger partial charge in [-0.3, -0.25) is 9.59 Å². The van der Waals surface area contributed by atoms with Gasteiger partial charge in [-0.15, -0.1) is 11.8 Å². The van der Waals surface area contributed by atoms with E-state index >= 15 is 0 Å². The fourth-order valence-electron chi connectivity index (χ4n) is 1.44. The van der Waals surface area contributed by atoms with Crippen LogP contribution in [0.3, 0.4) is 0 Å². The fourth-order valence-corrected chi connectivity index (χ4v) is 3.32. The molecule has 0 aliphatic rings. The van der Waals surface area contributed by atoms with E-state index in [1.807, 2.05) is 0 Å². The van der Waals surface area contributed by atoms with Crippen molar-refractivity contribution >= 4 is 62.6 Å². The lowest BCUT2D eigenvalue weighted by molar-refractivity contribution is -0.139. The van der Waals surface area contributed by atoms with Gasteiger partial charge >= 0.3 is 5.97 Å². The number of ether oxygens (including phenoxy) is 1. The second-order valence-electron chi connectivity index (χ2n) is 4.15. The third-order valence-electron chi connectivity index (χ3n) is 2.37. The van der Waals surface area contributed by atoms with Gasteiger partial charge in [0, 0.05) is 0 Å². The molecule has 0 saturated carbocycles. The Morgan fingerprint density at radius 1 is 1.26 bits per heavy atom. The summed E-state index contributed by atoms with van der Waals surface area (Å²) < 4.78 is 27.2.